The second kappa shape index (κ2) is 4.85. The predicted octanol–water partition coefficient (Wildman–Crippen LogP) is 0.0613. The van der Waals surface area contributed by atoms with Crippen LogP contribution in [0.2, 0.25) is 6.82 Å². The van der Waals surface area contributed by atoms with Crippen LogP contribution in [0, 0.1) is 11.8 Å². The van der Waals surface area contributed by atoms with Crippen LogP contribution in [0.5, 0.6) is 0 Å². The van der Waals surface area contributed by atoms with E-state index in [4.69, 9.17) is 10.8 Å². The first-order valence-corrected chi connectivity index (χ1v) is 4.84. The third-order valence-corrected chi connectivity index (χ3v) is 2.69. The summed E-state index contributed by atoms with van der Waals surface area (Å²) in [6.45, 7) is 3.52. The van der Waals surface area contributed by atoms with Crippen molar-refractivity contribution >= 4 is 7.05 Å². The molecule has 0 saturated heterocycles. The van der Waals surface area contributed by atoms with Gasteiger partial charge in [-0.25, -0.2) is 0 Å². The lowest BCUT2D eigenvalue weighted by Gasteiger charge is -2.11. The second-order valence-corrected chi connectivity index (χ2v) is 3.87. The molecule has 0 spiro atoms. The molecule has 0 amide bonds. The van der Waals surface area contributed by atoms with Gasteiger partial charge in [-0.2, -0.15) is 0 Å². The Bertz CT molecular complexity index is 132. The Kier molecular flexibility index (Phi) is 4.05. The van der Waals surface area contributed by atoms with Crippen molar-refractivity contribution in [3.8, 4) is 0 Å². The standard InChI is InChI=1S/C8H19BN2O/c1-9(12)11-6-8-3-2-7(4-8)5-10/h7-8,11-12H,2-6,10H2,1H3/t7-,8+/m1/s1. The fourth-order valence-corrected chi connectivity index (χ4v) is 1.92. The molecule has 1 saturated carbocycles. The van der Waals surface area contributed by atoms with Crippen molar-refractivity contribution < 1.29 is 5.02 Å². The number of hydrogen-bond donors (Lipinski definition) is 3. The van der Waals surface area contributed by atoms with Crippen LogP contribution in [0.15, 0.2) is 0 Å². The molecule has 4 heteroatoms. The maximum absolute atomic E-state index is 9.00. The maximum Gasteiger partial charge on any atom is 0.373 e. The van der Waals surface area contributed by atoms with Gasteiger partial charge in [-0.05, 0) is 51.0 Å². The zero-order chi connectivity index (χ0) is 8.97. The lowest BCUT2D eigenvalue weighted by molar-refractivity contribution is 0.474. The lowest BCUT2D eigenvalue weighted by atomic mass is 9.87. The fourth-order valence-electron chi connectivity index (χ4n) is 1.92. The molecule has 1 aliphatic carbocycles. The summed E-state index contributed by atoms with van der Waals surface area (Å²) >= 11 is 0. The van der Waals surface area contributed by atoms with Crippen LogP contribution in [0.4, 0.5) is 0 Å². The Morgan fingerprint density at radius 3 is 2.67 bits per heavy atom. The van der Waals surface area contributed by atoms with Gasteiger partial charge in [-0.15, -0.1) is 0 Å². The van der Waals surface area contributed by atoms with Crippen molar-refractivity contribution in [2.24, 2.45) is 17.6 Å². The number of nitrogens with two attached hydrogens (primary N) is 1. The maximum atomic E-state index is 9.00. The van der Waals surface area contributed by atoms with Gasteiger partial charge in [0.1, 0.15) is 0 Å². The van der Waals surface area contributed by atoms with E-state index in [1.165, 1.54) is 19.3 Å². The van der Waals surface area contributed by atoms with E-state index >= 15 is 0 Å². The average Bonchev–Trinajstić information content (AvgIpc) is 2.48. The van der Waals surface area contributed by atoms with E-state index < -0.39 is 0 Å². The first kappa shape index (κ1) is 10.0. The van der Waals surface area contributed by atoms with Gasteiger partial charge in [0, 0.05) is 0 Å². The molecule has 0 aromatic rings. The zero-order valence-electron chi connectivity index (χ0n) is 7.79. The Morgan fingerprint density at radius 2 is 2.17 bits per heavy atom. The van der Waals surface area contributed by atoms with E-state index in [2.05, 4.69) is 5.23 Å². The van der Waals surface area contributed by atoms with Gasteiger partial charge in [0.15, 0.2) is 0 Å². The van der Waals surface area contributed by atoms with Crippen molar-refractivity contribution in [3.05, 3.63) is 0 Å². The monoisotopic (exact) mass is 170 g/mol. The van der Waals surface area contributed by atoms with Crippen LogP contribution < -0.4 is 11.0 Å². The van der Waals surface area contributed by atoms with Gasteiger partial charge in [-0.3, -0.25) is 0 Å². The first-order valence-electron chi connectivity index (χ1n) is 4.84. The molecule has 0 heterocycles. The minimum absolute atomic E-state index is 0.373. The molecule has 0 aliphatic heterocycles. The molecule has 4 N–H and O–H groups in total. The van der Waals surface area contributed by atoms with E-state index in [1.54, 1.807) is 6.82 Å². The van der Waals surface area contributed by atoms with Gasteiger partial charge in [0.25, 0.3) is 0 Å². The van der Waals surface area contributed by atoms with Crippen LogP contribution in [0.25, 0.3) is 0 Å². The molecule has 0 aromatic carbocycles. The van der Waals surface area contributed by atoms with Gasteiger partial charge < -0.3 is 16.0 Å². The molecule has 1 fully saturated rings. The fraction of sp³-hybridized carbons (Fsp3) is 1.00. The molecule has 0 unspecified atom stereocenters. The smallest absolute Gasteiger partial charge is 0.373 e. The topological polar surface area (TPSA) is 58.3 Å². The highest BCUT2D eigenvalue weighted by atomic mass is 16.2. The number of hydrogen-bond acceptors (Lipinski definition) is 3. The SMILES string of the molecule is CB(O)NC[C@H]1CC[C@@H](CN)C1. The Balaban J connectivity index is 2.11. The van der Waals surface area contributed by atoms with Gasteiger partial charge in [0.2, 0.25) is 0 Å². The van der Waals surface area contributed by atoms with E-state index in [1.807, 2.05) is 0 Å². The molecule has 3 nitrogen and oxygen atoms in total. The van der Waals surface area contributed by atoms with Gasteiger partial charge in [-0.1, -0.05) is 0 Å². The summed E-state index contributed by atoms with van der Waals surface area (Å²) in [5, 5.41) is 12.0. The van der Waals surface area contributed by atoms with Crippen molar-refractivity contribution in [1.82, 2.24) is 5.23 Å². The largest absolute Gasteiger partial charge is 0.437 e. The third kappa shape index (κ3) is 3.13. The van der Waals surface area contributed by atoms with E-state index in [0.717, 1.165) is 24.9 Å². The lowest BCUT2D eigenvalue weighted by Crippen LogP contribution is -2.34. The summed E-state index contributed by atoms with van der Waals surface area (Å²) in [4.78, 5) is 0. The molecule has 0 bridgehead atoms. The Labute approximate surface area is 74.9 Å². The van der Waals surface area contributed by atoms with Crippen LogP contribution in [0.1, 0.15) is 19.3 Å². The van der Waals surface area contributed by atoms with Crippen molar-refractivity contribution in [2.75, 3.05) is 13.1 Å². The predicted molar refractivity (Wildman–Crippen MR) is 51.7 cm³/mol. The van der Waals surface area contributed by atoms with Gasteiger partial charge >= 0.3 is 7.05 Å². The van der Waals surface area contributed by atoms with Crippen molar-refractivity contribution in [2.45, 2.75) is 26.1 Å². The minimum Gasteiger partial charge on any atom is -0.437 e. The quantitative estimate of drug-likeness (QED) is 0.523. The number of rotatable bonds is 4. The molecular formula is C8H19BN2O. The van der Waals surface area contributed by atoms with Gasteiger partial charge in [0.05, 0.1) is 0 Å². The molecular weight excluding hydrogens is 151 g/mol. The summed E-state index contributed by atoms with van der Waals surface area (Å²) in [5.41, 5.74) is 5.58. The van der Waals surface area contributed by atoms with Crippen molar-refractivity contribution in [1.29, 1.82) is 0 Å². The van der Waals surface area contributed by atoms with E-state index in [0.29, 0.717) is 0 Å². The molecule has 2 atom stereocenters. The van der Waals surface area contributed by atoms with E-state index in [9.17, 15) is 0 Å². The highest BCUT2D eigenvalue weighted by Crippen LogP contribution is 2.29. The highest BCUT2D eigenvalue weighted by molar-refractivity contribution is 6.45. The zero-order valence-corrected chi connectivity index (χ0v) is 7.79. The minimum atomic E-state index is -0.373. The molecule has 1 rings (SSSR count). The van der Waals surface area contributed by atoms with Crippen molar-refractivity contribution in [3.63, 3.8) is 0 Å². The molecule has 0 radical (unpaired) electrons. The highest BCUT2D eigenvalue weighted by Gasteiger charge is 2.23. The molecule has 0 aromatic heterocycles. The first-order chi connectivity index (χ1) is 5.72. The summed E-state index contributed by atoms with van der Waals surface area (Å²) in [7, 11) is -0.373. The Hall–Kier alpha value is -0.0551. The molecule has 70 valence electrons. The second-order valence-electron chi connectivity index (χ2n) is 3.87. The average molecular weight is 170 g/mol. The van der Waals surface area contributed by atoms with Crippen LogP contribution >= 0.6 is 0 Å². The summed E-state index contributed by atoms with van der Waals surface area (Å²) in [6.07, 6.45) is 3.76. The summed E-state index contributed by atoms with van der Waals surface area (Å²) < 4.78 is 0. The summed E-state index contributed by atoms with van der Waals surface area (Å²) in [5.74, 6) is 1.46. The van der Waals surface area contributed by atoms with Crippen LogP contribution in [0.3, 0.4) is 0 Å². The summed E-state index contributed by atoms with van der Waals surface area (Å²) in [6, 6.07) is 0. The van der Waals surface area contributed by atoms with E-state index in [-0.39, 0.29) is 7.05 Å². The molecule has 12 heavy (non-hydrogen) atoms. The molecule has 1 aliphatic rings. The Morgan fingerprint density at radius 1 is 1.50 bits per heavy atom. The normalized spacial score (nSPS) is 29.2. The van der Waals surface area contributed by atoms with Crippen LogP contribution in [-0.4, -0.2) is 25.2 Å². The van der Waals surface area contributed by atoms with Crippen LogP contribution in [-0.2, 0) is 0 Å². The third-order valence-electron chi connectivity index (χ3n) is 2.69. The number of nitrogens with one attached hydrogen (secondary N) is 1.